The van der Waals surface area contributed by atoms with Gasteiger partial charge in [-0.3, -0.25) is 0 Å². The van der Waals surface area contributed by atoms with Crippen LogP contribution in [0.25, 0.3) is 11.5 Å². The van der Waals surface area contributed by atoms with Crippen molar-refractivity contribution in [1.29, 1.82) is 0 Å². The lowest BCUT2D eigenvalue weighted by Gasteiger charge is -2.12. The van der Waals surface area contributed by atoms with Gasteiger partial charge in [0.15, 0.2) is 5.82 Å². The van der Waals surface area contributed by atoms with Gasteiger partial charge in [0.05, 0.1) is 11.4 Å². The Kier molecular flexibility index (Phi) is 2.07. The third-order valence-electron chi connectivity index (χ3n) is 2.98. The molecule has 0 spiro atoms. The van der Waals surface area contributed by atoms with E-state index in [2.05, 4.69) is 20.0 Å². The van der Waals surface area contributed by atoms with Crippen molar-refractivity contribution in [2.45, 2.75) is 19.9 Å². The third-order valence-corrected chi connectivity index (χ3v) is 2.98. The fourth-order valence-electron chi connectivity index (χ4n) is 2.12. The predicted molar refractivity (Wildman–Crippen MR) is 58.9 cm³/mol. The summed E-state index contributed by atoms with van der Waals surface area (Å²) in [6, 6.07) is 1.92. The largest absolute Gasteiger partial charge is 0.361 e. The van der Waals surface area contributed by atoms with Crippen molar-refractivity contribution in [3.63, 3.8) is 0 Å². The van der Waals surface area contributed by atoms with Gasteiger partial charge < -0.3 is 14.4 Å². The molecule has 84 valence electrons. The number of rotatable bonds is 1. The molecule has 0 saturated carbocycles. The van der Waals surface area contributed by atoms with Gasteiger partial charge in [-0.2, -0.15) is 0 Å². The van der Waals surface area contributed by atoms with Gasteiger partial charge in [-0.05, 0) is 6.92 Å². The number of aryl methyl sites for hydroxylation is 1. The molecule has 2 aromatic heterocycles. The zero-order valence-electron chi connectivity index (χ0n) is 9.45. The van der Waals surface area contributed by atoms with Crippen LogP contribution in [0.15, 0.2) is 10.6 Å². The second-order valence-corrected chi connectivity index (χ2v) is 4.14. The monoisotopic (exact) mass is 218 g/mol. The van der Waals surface area contributed by atoms with Crippen molar-refractivity contribution in [3.05, 3.63) is 23.2 Å². The van der Waals surface area contributed by atoms with Crippen molar-refractivity contribution < 1.29 is 4.52 Å². The Bertz CT molecular complexity index is 526. The first-order valence-electron chi connectivity index (χ1n) is 5.44. The van der Waals surface area contributed by atoms with Gasteiger partial charge in [0.25, 0.3) is 0 Å². The van der Waals surface area contributed by atoms with Crippen LogP contribution in [-0.2, 0) is 20.0 Å². The van der Waals surface area contributed by atoms with E-state index < -0.39 is 0 Å². The molecule has 0 atom stereocenters. The van der Waals surface area contributed by atoms with Crippen molar-refractivity contribution in [3.8, 4) is 11.5 Å². The average molecular weight is 218 g/mol. The molecule has 0 fully saturated rings. The van der Waals surface area contributed by atoms with Crippen LogP contribution in [0, 0.1) is 6.92 Å². The Morgan fingerprint density at radius 3 is 3.06 bits per heavy atom. The number of nitrogens with zero attached hydrogens (tertiary/aromatic N) is 3. The maximum atomic E-state index is 5.09. The topological polar surface area (TPSA) is 55.9 Å². The maximum absolute atomic E-state index is 5.09. The lowest BCUT2D eigenvalue weighted by molar-refractivity contribution is 0.399. The van der Waals surface area contributed by atoms with Crippen LogP contribution in [0.5, 0.6) is 0 Å². The van der Waals surface area contributed by atoms with E-state index in [-0.39, 0.29) is 0 Å². The third kappa shape index (κ3) is 1.36. The van der Waals surface area contributed by atoms with Crippen molar-refractivity contribution in [1.82, 2.24) is 20.0 Å². The van der Waals surface area contributed by atoms with Crippen LogP contribution in [-0.4, -0.2) is 21.3 Å². The average Bonchev–Trinajstić information content (AvgIpc) is 2.84. The SMILES string of the molecule is Cc1cc(-c2nc3c(n2C)CNCC3)no1. The Hall–Kier alpha value is -1.62. The molecule has 1 aliphatic rings. The summed E-state index contributed by atoms with van der Waals surface area (Å²) in [5, 5.41) is 7.36. The highest BCUT2D eigenvalue weighted by Gasteiger charge is 2.19. The minimum atomic E-state index is 0.814. The molecule has 3 heterocycles. The molecule has 5 heteroatoms. The Balaban J connectivity index is 2.11. The first-order valence-corrected chi connectivity index (χ1v) is 5.44. The van der Waals surface area contributed by atoms with Crippen LogP contribution >= 0.6 is 0 Å². The highest BCUT2D eigenvalue weighted by Crippen LogP contribution is 2.22. The van der Waals surface area contributed by atoms with Crippen molar-refractivity contribution in [2.24, 2.45) is 7.05 Å². The van der Waals surface area contributed by atoms with E-state index in [0.717, 1.165) is 36.8 Å². The summed E-state index contributed by atoms with van der Waals surface area (Å²) >= 11 is 0. The Labute approximate surface area is 93.5 Å². The van der Waals surface area contributed by atoms with Crippen LogP contribution in [0.1, 0.15) is 17.1 Å². The molecular weight excluding hydrogens is 204 g/mol. The molecule has 2 aromatic rings. The Morgan fingerprint density at radius 2 is 2.38 bits per heavy atom. The minimum absolute atomic E-state index is 0.814. The highest BCUT2D eigenvalue weighted by atomic mass is 16.5. The van der Waals surface area contributed by atoms with Gasteiger partial charge in [-0.25, -0.2) is 4.98 Å². The summed E-state index contributed by atoms with van der Waals surface area (Å²) in [6.07, 6.45) is 0.986. The summed E-state index contributed by atoms with van der Waals surface area (Å²) < 4.78 is 7.18. The highest BCUT2D eigenvalue weighted by molar-refractivity contribution is 5.51. The number of fused-ring (bicyclic) bond motifs is 1. The minimum Gasteiger partial charge on any atom is -0.361 e. The van der Waals surface area contributed by atoms with E-state index in [1.54, 1.807) is 0 Å². The van der Waals surface area contributed by atoms with E-state index in [9.17, 15) is 0 Å². The van der Waals surface area contributed by atoms with E-state index >= 15 is 0 Å². The first kappa shape index (κ1) is 9.59. The first-order chi connectivity index (χ1) is 7.75. The second kappa shape index (κ2) is 3.45. The summed E-state index contributed by atoms with van der Waals surface area (Å²) in [4.78, 5) is 4.63. The van der Waals surface area contributed by atoms with E-state index in [0.29, 0.717) is 0 Å². The predicted octanol–water partition coefficient (Wildman–Crippen LogP) is 1.03. The molecule has 0 bridgehead atoms. The standard InChI is InChI=1S/C11H14N4O/c1-7-5-9(14-16-7)11-13-8-3-4-12-6-10(8)15(11)2/h5,12H,3-4,6H2,1-2H3. The zero-order valence-corrected chi connectivity index (χ0v) is 9.45. The zero-order chi connectivity index (χ0) is 11.1. The van der Waals surface area contributed by atoms with Gasteiger partial charge in [-0.15, -0.1) is 0 Å². The fourth-order valence-corrected chi connectivity index (χ4v) is 2.12. The number of hydrogen-bond donors (Lipinski definition) is 1. The smallest absolute Gasteiger partial charge is 0.162 e. The Morgan fingerprint density at radius 1 is 1.50 bits per heavy atom. The van der Waals surface area contributed by atoms with Crippen LogP contribution in [0.3, 0.4) is 0 Å². The van der Waals surface area contributed by atoms with Crippen LogP contribution in [0.2, 0.25) is 0 Å². The maximum Gasteiger partial charge on any atom is 0.162 e. The second-order valence-electron chi connectivity index (χ2n) is 4.14. The number of nitrogens with one attached hydrogen (secondary N) is 1. The molecule has 1 aliphatic heterocycles. The number of imidazole rings is 1. The molecule has 5 nitrogen and oxygen atoms in total. The van der Waals surface area contributed by atoms with E-state index in [1.165, 1.54) is 11.4 Å². The van der Waals surface area contributed by atoms with Gasteiger partial charge in [0.2, 0.25) is 0 Å². The fraction of sp³-hybridized carbons (Fsp3) is 0.455. The van der Waals surface area contributed by atoms with Crippen LogP contribution in [0.4, 0.5) is 0 Å². The molecule has 0 aliphatic carbocycles. The van der Waals surface area contributed by atoms with E-state index in [1.807, 2.05) is 20.0 Å². The molecule has 0 unspecified atom stereocenters. The van der Waals surface area contributed by atoms with Crippen molar-refractivity contribution >= 4 is 0 Å². The van der Waals surface area contributed by atoms with Crippen LogP contribution < -0.4 is 5.32 Å². The summed E-state index contributed by atoms with van der Waals surface area (Å²) in [5.41, 5.74) is 3.24. The van der Waals surface area contributed by atoms with E-state index in [4.69, 9.17) is 4.52 Å². The summed E-state index contributed by atoms with van der Waals surface area (Å²) in [5.74, 6) is 1.71. The molecule has 0 radical (unpaired) electrons. The summed E-state index contributed by atoms with van der Waals surface area (Å²) in [7, 11) is 2.03. The van der Waals surface area contributed by atoms with Crippen molar-refractivity contribution in [2.75, 3.05) is 6.54 Å². The number of aromatic nitrogens is 3. The lowest BCUT2D eigenvalue weighted by atomic mass is 10.2. The molecule has 3 rings (SSSR count). The quantitative estimate of drug-likeness (QED) is 0.776. The van der Waals surface area contributed by atoms with Gasteiger partial charge >= 0.3 is 0 Å². The molecule has 0 saturated heterocycles. The molecule has 0 aromatic carbocycles. The molecular formula is C11H14N4O. The number of hydrogen-bond acceptors (Lipinski definition) is 4. The molecule has 1 N–H and O–H groups in total. The van der Waals surface area contributed by atoms with Gasteiger partial charge in [0.1, 0.15) is 11.5 Å². The molecule has 16 heavy (non-hydrogen) atoms. The molecule has 0 amide bonds. The lowest BCUT2D eigenvalue weighted by Crippen LogP contribution is -2.24. The van der Waals surface area contributed by atoms with Gasteiger partial charge in [-0.1, -0.05) is 5.16 Å². The van der Waals surface area contributed by atoms with Gasteiger partial charge in [0, 0.05) is 32.6 Å². The summed E-state index contributed by atoms with van der Waals surface area (Å²) in [6.45, 7) is 3.78. The normalized spacial score (nSPS) is 15.1.